The zero-order chi connectivity index (χ0) is 13.8. The number of hydrogen-bond donors (Lipinski definition) is 2. The number of aromatic nitrogens is 2. The number of hydrogen-bond acceptors (Lipinski definition) is 3. The summed E-state index contributed by atoms with van der Waals surface area (Å²) in [6, 6.07) is 1.90. The molecule has 1 aromatic heterocycles. The molecule has 0 aromatic carbocycles. The molecule has 1 saturated heterocycles. The first-order valence-electron chi connectivity index (χ1n) is 7.07. The van der Waals surface area contributed by atoms with Gasteiger partial charge >= 0.3 is 0 Å². The number of anilines is 1. The van der Waals surface area contributed by atoms with Crippen LogP contribution in [0.1, 0.15) is 31.9 Å². The normalized spacial score (nSPS) is 17.4. The Balaban J connectivity index is 0.00000200. The van der Waals surface area contributed by atoms with Gasteiger partial charge in [0.15, 0.2) is 0 Å². The highest BCUT2D eigenvalue weighted by Gasteiger charge is 2.22. The van der Waals surface area contributed by atoms with E-state index in [2.05, 4.69) is 22.7 Å². The Bertz CT molecular complexity index is 440. The van der Waals surface area contributed by atoms with Crippen molar-refractivity contribution in [1.82, 2.24) is 15.1 Å². The Morgan fingerprint density at radius 2 is 2.20 bits per heavy atom. The van der Waals surface area contributed by atoms with Gasteiger partial charge in [-0.25, -0.2) is 0 Å². The van der Waals surface area contributed by atoms with Crippen LogP contribution in [0.2, 0.25) is 0 Å². The molecule has 1 unspecified atom stereocenters. The zero-order valence-electron chi connectivity index (χ0n) is 12.5. The molecule has 2 N–H and O–H groups in total. The summed E-state index contributed by atoms with van der Waals surface area (Å²) < 4.78 is 1.71. The van der Waals surface area contributed by atoms with Crippen molar-refractivity contribution in [1.29, 1.82) is 0 Å². The Labute approximate surface area is 126 Å². The molecule has 2 heterocycles. The van der Waals surface area contributed by atoms with Gasteiger partial charge in [0.25, 0.3) is 0 Å². The summed E-state index contributed by atoms with van der Waals surface area (Å²) in [4.78, 5) is 12.1. The maximum atomic E-state index is 12.1. The number of amides is 1. The van der Waals surface area contributed by atoms with Gasteiger partial charge in [0, 0.05) is 19.5 Å². The molecule has 114 valence electrons. The predicted molar refractivity (Wildman–Crippen MR) is 83.2 cm³/mol. The van der Waals surface area contributed by atoms with Crippen LogP contribution in [0.25, 0.3) is 0 Å². The van der Waals surface area contributed by atoms with Crippen LogP contribution in [0.15, 0.2) is 6.07 Å². The first-order chi connectivity index (χ1) is 9.06. The summed E-state index contributed by atoms with van der Waals surface area (Å²) >= 11 is 0. The lowest BCUT2D eigenvalue weighted by atomic mass is 9.84. The fraction of sp³-hybridized carbons (Fsp3) is 0.714. The SMILES string of the molecule is Cc1cc(NC(=O)CC(C)C2CCNCC2)n(C)n1.Cl. The van der Waals surface area contributed by atoms with Gasteiger partial charge in [0.05, 0.1) is 5.69 Å². The van der Waals surface area contributed by atoms with E-state index in [1.54, 1.807) is 4.68 Å². The van der Waals surface area contributed by atoms with Crippen LogP contribution < -0.4 is 10.6 Å². The van der Waals surface area contributed by atoms with Crippen LogP contribution in [0.3, 0.4) is 0 Å². The van der Waals surface area contributed by atoms with Crippen LogP contribution in [0.4, 0.5) is 5.82 Å². The van der Waals surface area contributed by atoms with Crippen LogP contribution in [0, 0.1) is 18.8 Å². The topological polar surface area (TPSA) is 59.0 Å². The summed E-state index contributed by atoms with van der Waals surface area (Å²) in [5, 5.41) is 10.5. The minimum Gasteiger partial charge on any atom is -0.317 e. The zero-order valence-corrected chi connectivity index (χ0v) is 13.3. The minimum atomic E-state index is 0. The molecule has 0 radical (unpaired) electrons. The van der Waals surface area contributed by atoms with Crippen molar-refractivity contribution in [3.05, 3.63) is 11.8 Å². The van der Waals surface area contributed by atoms with Crippen LogP contribution in [0.5, 0.6) is 0 Å². The third-order valence-electron chi connectivity index (χ3n) is 3.97. The lowest BCUT2D eigenvalue weighted by Gasteiger charge is -2.27. The number of carbonyl (C=O) groups is 1. The molecule has 0 saturated carbocycles. The molecule has 5 nitrogen and oxygen atoms in total. The minimum absolute atomic E-state index is 0. The van der Waals surface area contributed by atoms with Crippen molar-refractivity contribution >= 4 is 24.1 Å². The molecule has 6 heteroatoms. The van der Waals surface area contributed by atoms with E-state index in [0.717, 1.165) is 24.6 Å². The lowest BCUT2D eigenvalue weighted by Crippen LogP contribution is -2.32. The fourth-order valence-electron chi connectivity index (χ4n) is 2.79. The molecule has 0 spiro atoms. The second kappa shape index (κ2) is 7.64. The highest BCUT2D eigenvalue weighted by Crippen LogP contribution is 2.24. The third kappa shape index (κ3) is 4.49. The largest absolute Gasteiger partial charge is 0.317 e. The number of rotatable bonds is 4. The molecular weight excluding hydrogens is 276 g/mol. The van der Waals surface area contributed by atoms with E-state index in [1.165, 1.54) is 12.8 Å². The number of halogens is 1. The van der Waals surface area contributed by atoms with E-state index in [4.69, 9.17) is 0 Å². The first kappa shape index (κ1) is 17.0. The summed E-state index contributed by atoms with van der Waals surface area (Å²) in [6.45, 7) is 6.27. The van der Waals surface area contributed by atoms with Gasteiger partial charge in [-0.15, -0.1) is 12.4 Å². The number of nitrogens with one attached hydrogen (secondary N) is 2. The second-order valence-electron chi connectivity index (χ2n) is 5.61. The van der Waals surface area contributed by atoms with E-state index in [9.17, 15) is 4.79 Å². The third-order valence-corrected chi connectivity index (χ3v) is 3.97. The Kier molecular flexibility index (Phi) is 6.49. The molecule has 0 aliphatic carbocycles. The Hall–Kier alpha value is -1.07. The quantitative estimate of drug-likeness (QED) is 0.895. The second-order valence-corrected chi connectivity index (χ2v) is 5.61. The van der Waals surface area contributed by atoms with E-state index in [0.29, 0.717) is 18.3 Å². The van der Waals surface area contributed by atoms with E-state index in [1.807, 2.05) is 20.0 Å². The molecule has 1 amide bonds. The van der Waals surface area contributed by atoms with Gasteiger partial charge in [-0.3, -0.25) is 9.48 Å². The van der Waals surface area contributed by atoms with Gasteiger partial charge in [-0.1, -0.05) is 6.92 Å². The molecule has 1 aliphatic heterocycles. The van der Waals surface area contributed by atoms with Crippen molar-refractivity contribution in [2.45, 2.75) is 33.1 Å². The van der Waals surface area contributed by atoms with Crippen LogP contribution >= 0.6 is 12.4 Å². The Morgan fingerprint density at radius 1 is 1.55 bits per heavy atom. The van der Waals surface area contributed by atoms with Gasteiger partial charge in [0.2, 0.25) is 5.91 Å². The van der Waals surface area contributed by atoms with Crippen molar-refractivity contribution in [3.8, 4) is 0 Å². The average molecular weight is 301 g/mol. The molecule has 1 aliphatic rings. The van der Waals surface area contributed by atoms with Gasteiger partial charge in [-0.2, -0.15) is 5.10 Å². The molecular formula is C14H25ClN4O. The lowest BCUT2D eigenvalue weighted by molar-refractivity contribution is -0.117. The van der Waals surface area contributed by atoms with E-state index in [-0.39, 0.29) is 18.3 Å². The Morgan fingerprint density at radius 3 is 2.75 bits per heavy atom. The molecule has 1 atom stereocenters. The number of aryl methyl sites for hydroxylation is 2. The summed E-state index contributed by atoms with van der Waals surface area (Å²) in [7, 11) is 1.85. The maximum absolute atomic E-state index is 12.1. The van der Waals surface area contributed by atoms with E-state index >= 15 is 0 Å². The smallest absolute Gasteiger partial charge is 0.225 e. The number of carbonyl (C=O) groups excluding carboxylic acids is 1. The van der Waals surface area contributed by atoms with Gasteiger partial charge < -0.3 is 10.6 Å². The van der Waals surface area contributed by atoms with Crippen LogP contribution in [-0.4, -0.2) is 28.8 Å². The van der Waals surface area contributed by atoms with Crippen molar-refractivity contribution in [2.24, 2.45) is 18.9 Å². The number of nitrogens with zero attached hydrogens (tertiary/aromatic N) is 2. The van der Waals surface area contributed by atoms with Crippen molar-refractivity contribution in [3.63, 3.8) is 0 Å². The molecule has 20 heavy (non-hydrogen) atoms. The highest BCUT2D eigenvalue weighted by atomic mass is 35.5. The first-order valence-corrected chi connectivity index (χ1v) is 7.07. The summed E-state index contributed by atoms with van der Waals surface area (Å²) in [5.74, 6) is 1.98. The van der Waals surface area contributed by atoms with Crippen molar-refractivity contribution in [2.75, 3.05) is 18.4 Å². The standard InChI is InChI=1S/C14H24N4O.ClH/c1-10(12-4-6-15-7-5-12)8-14(19)16-13-9-11(2)17-18(13)3;/h9-10,12,15H,4-8H2,1-3H3,(H,16,19);1H. The predicted octanol–water partition coefficient (Wildman–Crippen LogP) is 2.11. The maximum Gasteiger partial charge on any atom is 0.225 e. The molecule has 1 fully saturated rings. The van der Waals surface area contributed by atoms with Crippen LogP contribution in [-0.2, 0) is 11.8 Å². The molecule has 2 rings (SSSR count). The highest BCUT2D eigenvalue weighted by molar-refractivity contribution is 5.90. The van der Waals surface area contributed by atoms with Gasteiger partial charge in [-0.05, 0) is 44.7 Å². The van der Waals surface area contributed by atoms with Gasteiger partial charge in [0.1, 0.15) is 5.82 Å². The monoisotopic (exact) mass is 300 g/mol. The summed E-state index contributed by atoms with van der Waals surface area (Å²) in [6.07, 6.45) is 2.95. The number of piperidine rings is 1. The average Bonchev–Trinajstić information content (AvgIpc) is 2.68. The fourth-order valence-corrected chi connectivity index (χ4v) is 2.79. The van der Waals surface area contributed by atoms with Crippen molar-refractivity contribution < 1.29 is 4.79 Å². The molecule has 1 aromatic rings. The summed E-state index contributed by atoms with van der Waals surface area (Å²) in [5.41, 5.74) is 0.921. The van der Waals surface area contributed by atoms with E-state index < -0.39 is 0 Å². The molecule has 0 bridgehead atoms.